The van der Waals surface area contributed by atoms with Crippen LogP contribution in [0.5, 0.6) is 0 Å². The molecule has 0 radical (unpaired) electrons. The molecule has 0 aliphatic heterocycles. The van der Waals surface area contributed by atoms with Crippen molar-refractivity contribution in [1.82, 2.24) is 19.9 Å². The number of fused-ring (bicyclic) bond motifs is 6. The number of furan rings is 1. The van der Waals surface area contributed by atoms with Gasteiger partial charge in [0, 0.05) is 54.7 Å². The molecule has 5 heteroatoms. The zero-order valence-electron chi connectivity index (χ0n) is 37.3. The first kappa shape index (κ1) is 40.0. The largest absolute Gasteiger partial charge is 0.456 e. The lowest BCUT2D eigenvalue weighted by atomic mass is 9.89. The number of benzene rings is 10. The molecule has 0 atom stereocenters. The molecule has 69 heavy (non-hydrogen) atoms. The summed E-state index contributed by atoms with van der Waals surface area (Å²) in [5.41, 5.74) is 16.1. The van der Waals surface area contributed by atoms with Crippen LogP contribution in [0.25, 0.3) is 134 Å². The number of nitrogens with zero attached hydrogens (tertiary/aromatic N) is 4. The molecule has 0 amide bonds. The van der Waals surface area contributed by atoms with Gasteiger partial charge >= 0.3 is 0 Å². The van der Waals surface area contributed by atoms with Crippen LogP contribution >= 0.6 is 0 Å². The van der Waals surface area contributed by atoms with E-state index in [0.29, 0.717) is 17.5 Å². The molecule has 0 unspecified atom stereocenters. The second kappa shape index (κ2) is 16.8. The average molecular weight is 881 g/mol. The minimum atomic E-state index is 0.582. The smallest absolute Gasteiger partial charge is 0.164 e. The molecule has 322 valence electrons. The number of rotatable bonds is 8. The Hall–Kier alpha value is -9.32. The van der Waals surface area contributed by atoms with Crippen molar-refractivity contribution >= 4 is 43.6 Å². The van der Waals surface area contributed by atoms with Crippen LogP contribution < -0.4 is 0 Å². The van der Waals surface area contributed by atoms with Gasteiger partial charge in [-0.25, -0.2) is 19.9 Å². The topological polar surface area (TPSA) is 64.7 Å². The fourth-order valence-electron chi connectivity index (χ4n) is 9.76. The molecule has 0 saturated carbocycles. The van der Waals surface area contributed by atoms with E-state index < -0.39 is 0 Å². The highest BCUT2D eigenvalue weighted by Gasteiger charge is 2.22. The van der Waals surface area contributed by atoms with Crippen molar-refractivity contribution < 1.29 is 4.42 Å². The molecule has 3 aromatic heterocycles. The Balaban J connectivity index is 0.985. The van der Waals surface area contributed by atoms with Crippen molar-refractivity contribution in [2.75, 3.05) is 0 Å². The number of para-hydroxylation sites is 2. The minimum Gasteiger partial charge on any atom is -0.456 e. The Labute approximate surface area is 398 Å². The lowest BCUT2D eigenvalue weighted by Gasteiger charge is -2.16. The van der Waals surface area contributed by atoms with Crippen LogP contribution in [0.4, 0.5) is 0 Å². The fraction of sp³-hybridized carbons (Fsp3) is 0. The summed E-state index contributed by atoms with van der Waals surface area (Å²) in [6.07, 6.45) is 0. The maximum absolute atomic E-state index is 6.71. The first-order valence-electron chi connectivity index (χ1n) is 23.2. The second-order valence-electron chi connectivity index (χ2n) is 17.3. The monoisotopic (exact) mass is 880 g/mol. The van der Waals surface area contributed by atoms with Crippen molar-refractivity contribution in [2.24, 2.45) is 0 Å². The van der Waals surface area contributed by atoms with Crippen LogP contribution in [-0.4, -0.2) is 19.9 Å². The average Bonchev–Trinajstić information content (AvgIpc) is 3.81. The van der Waals surface area contributed by atoms with Gasteiger partial charge in [-0.3, -0.25) is 0 Å². The molecule has 10 aromatic carbocycles. The van der Waals surface area contributed by atoms with E-state index in [0.717, 1.165) is 105 Å². The summed E-state index contributed by atoms with van der Waals surface area (Å²) >= 11 is 0. The van der Waals surface area contributed by atoms with E-state index in [-0.39, 0.29) is 0 Å². The van der Waals surface area contributed by atoms with Crippen molar-refractivity contribution in [3.05, 3.63) is 243 Å². The summed E-state index contributed by atoms with van der Waals surface area (Å²) in [7, 11) is 0. The van der Waals surface area contributed by atoms with Crippen LogP contribution in [0, 0.1) is 0 Å². The Morgan fingerprint density at radius 2 is 0.667 bits per heavy atom. The molecule has 13 aromatic rings. The maximum atomic E-state index is 6.71. The lowest BCUT2D eigenvalue weighted by molar-refractivity contribution is 0.669. The van der Waals surface area contributed by atoms with E-state index in [4.69, 9.17) is 24.4 Å². The molecular weight excluding hydrogens is 841 g/mol. The summed E-state index contributed by atoms with van der Waals surface area (Å²) in [6.45, 7) is 0. The maximum Gasteiger partial charge on any atom is 0.164 e. The van der Waals surface area contributed by atoms with Crippen molar-refractivity contribution in [3.8, 4) is 89.9 Å². The third-order valence-electron chi connectivity index (χ3n) is 13.1. The molecule has 0 saturated heterocycles. The Morgan fingerprint density at radius 1 is 0.246 bits per heavy atom. The van der Waals surface area contributed by atoms with Gasteiger partial charge in [-0.05, 0) is 75.3 Å². The Kier molecular flexibility index (Phi) is 9.76. The number of hydrogen-bond acceptors (Lipinski definition) is 5. The van der Waals surface area contributed by atoms with E-state index in [1.807, 2.05) is 48.5 Å². The van der Waals surface area contributed by atoms with Crippen LogP contribution in [0.15, 0.2) is 247 Å². The third-order valence-corrected chi connectivity index (χ3v) is 13.1. The number of aromatic nitrogens is 4. The van der Waals surface area contributed by atoms with Crippen molar-refractivity contribution in [1.29, 1.82) is 0 Å². The van der Waals surface area contributed by atoms with E-state index in [1.165, 1.54) is 11.1 Å². The Morgan fingerprint density at radius 3 is 1.28 bits per heavy atom. The first-order chi connectivity index (χ1) is 34.2. The van der Waals surface area contributed by atoms with Gasteiger partial charge in [0.2, 0.25) is 0 Å². The molecule has 5 nitrogen and oxygen atoms in total. The SMILES string of the molecule is c1ccc(-c2ccc(-c3c4c(cc5c(-c6ccc(-c7nc(-c8ccccc8)nc(-c8cc(-c9ccccc9)cc(-c9ccccc9)c8)n7)cc6)nc6ccccc6c35)oc3ccccc34)cc2)cc1. The highest BCUT2D eigenvalue weighted by molar-refractivity contribution is 6.27. The predicted octanol–water partition coefficient (Wildman–Crippen LogP) is 16.8. The molecule has 0 bridgehead atoms. The first-order valence-corrected chi connectivity index (χ1v) is 23.2. The number of hydrogen-bond donors (Lipinski definition) is 0. The highest BCUT2D eigenvalue weighted by Crippen LogP contribution is 2.47. The summed E-state index contributed by atoms with van der Waals surface area (Å²) in [5.74, 6) is 1.78. The molecular formula is C64H40N4O. The number of pyridine rings is 1. The summed E-state index contributed by atoms with van der Waals surface area (Å²) in [6, 6.07) is 84.6. The quantitative estimate of drug-likeness (QED) is 0.142. The van der Waals surface area contributed by atoms with Gasteiger partial charge in [-0.2, -0.15) is 0 Å². The zero-order valence-corrected chi connectivity index (χ0v) is 37.3. The van der Waals surface area contributed by atoms with E-state index in [1.54, 1.807) is 0 Å². The van der Waals surface area contributed by atoms with E-state index in [2.05, 4.69) is 194 Å². The van der Waals surface area contributed by atoms with Gasteiger partial charge in [0.15, 0.2) is 17.5 Å². The van der Waals surface area contributed by atoms with Crippen LogP contribution in [0.1, 0.15) is 0 Å². The van der Waals surface area contributed by atoms with Crippen LogP contribution in [0.3, 0.4) is 0 Å². The normalized spacial score (nSPS) is 11.5. The summed E-state index contributed by atoms with van der Waals surface area (Å²) < 4.78 is 6.71. The molecule has 0 aliphatic rings. The molecule has 0 N–H and O–H groups in total. The van der Waals surface area contributed by atoms with E-state index >= 15 is 0 Å². The molecule has 13 rings (SSSR count). The van der Waals surface area contributed by atoms with Gasteiger partial charge in [0.25, 0.3) is 0 Å². The van der Waals surface area contributed by atoms with E-state index in [9.17, 15) is 0 Å². The lowest BCUT2D eigenvalue weighted by Crippen LogP contribution is -2.00. The molecule has 0 fully saturated rings. The predicted molar refractivity (Wildman–Crippen MR) is 283 cm³/mol. The fourth-order valence-corrected chi connectivity index (χ4v) is 9.76. The highest BCUT2D eigenvalue weighted by atomic mass is 16.3. The second-order valence-corrected chi connectivity index (χ2v) is 17.3. The summed E-state index contributed by atoms with van der Waals surface area (Å²) in [5, 5.41) is 5.40. The van der Waals surface area contributed by atoms with Crippen molar-refractivity contribution in [2.45, 2.75) is 0 Å². The third kappa shape index (κ3) is 7.30. The van der Waals surface area contributed by atoms with Crippen LogP contribution in [-0.2, 0) is 0 Å². The molecule has 0 aliphatic carbocycles. The van der Waals surface area contributed by atoms with Gasteiger partial charge in [0.1, 0.15) is 11.2 Å². The van der Waals surface area contributed by atoms with Gasteiger partial charge in [-0.1, -0.05) is 206 Å². The minimum absolute atomic E-state index is 0.582. The van der Waals surface area contributed by atoms with Crippen LogP contribution in [0.2, 0.25) is 0 Å². The Bertz CT molecular complexity index is 3960. The van der Waals surface area contributed by atoms with Crippen molar-refractivity contribution in [3.63, 3.8) is 0 Å². The summed E-state index contributed by atoms with van der Waals surface area (Å²) in [4.78, 5) is 20.9. The standard InChI is InChI=1S/C64H40N4O/c1-5-17-41(18-6-1)44-29-31-45(32-30-44)58-59-52-25-13-15-27-55(52)65-61(54(59)40-57-60(58)53-26-14-16-28-56(53)69-57)46-33-35-48(36-34-46)63-66-62(47-23-11-4-12-24-47)67-64(68-63)51-38-49(42-19-7-2-8-20-42)37-50(39-51)43-21-9-3-10-22-43/h1-40H. The zero-order chi connectivity index (χ0) is 45.7. The van der Waals surface area contributed by atoms with Gasteiger partial charge in [-0.15, -0.1) is 0 Å². The molecule has 0 spiro atoms. The molecule has 3 heterocycles. The van der Waals surface area contributed by atoms with Gasteiger partial charge < -0.3 is 4.42 Å². The van der Waals surface area contributed by atoms with Gasteiger partial charge in [0.05, 0.1) is 11.2 Å².